The van der Waals surface area contributed by atoms with Crippen molar-refractivity contribution >= 4 is 23.4 Å². The molecular formula is C36H54ClN3O5. The summed E-state index contributed by atoms with van der Waals surface area (Å²) in [5.41, 5.74) is 1.72. The number of amides is 2. The van der Waals surface area contributed by atoms with E-state index in [1.54, 1.807) is 28.0 Å². The summed E-state index contributed by atoms with van der Waals surface area (Å²) in [5, 5.41) is 14.6. The van der Waals surface area contributed by atoms with Gasteiger partial charge in [-0.2, -0.15) is 0 Å². The van der Waals surface area contributed by atoms with Crippen LogP contribution in [0.2, 0.25) is 5.02 Å². The first kappa shape index (κ1) is 36.7. The summed E-state index contributed by atoms with van der Waals surface area (Å²) in [7, 11) is 0. The molecule has 2 amide bonds. The average Bonchev–Trinajstić information content (AvgIpc) is 3.43. The minimum Gasteiger partial charge on any atom is -0.433 e. The first-order chi connectivity index (χ1) is 21.7. The van der Waals surface area contributed by atoms with E-state index in [1.165, 1.54) is 0 Å². The van der Waals surface area contributed by atoms with Crippen molar-refractivity contribution in [3.05, 3.63) is 58.6 Å². The van der Waals surface area contributed by atoms with Crippen molar-refractivity contribution in [1.29, 1.82) is 0 Å². The molecule has 2 atom stereocenters. The van der Waals surface area contributed by atoms with Crippen LogP contribution >= 0.6 is 11.6 Å². The van der Waals surface area contributed by atoms with Crippen molar-refractivity contribution in [2.75, 3.05) is 32.7 Å². The summed E-state index contributed by atoms with van der Waals surface area (Å²) in [5.74, 6) is -2.12. The molecule has 2 aromatic rings. The van der Waals surface area contributed by atoms with Gasteiger partial charge in [0, 0.05) is 43.8 Å². The van der Waals surface area contributed by atoms with E-state index in [4.69, 9.17) is 21.1 Å². The van der Waals surface area contributed by atoms with E-state index in [-0.39, 0.29) is 6.04 Å². The van der Waals surface area contributed by atoms with Crippen molar-refractivity contribution < 1.29 is 24.2 Å². The van der Waals surface area contributed by atoms with E-state index < -0.39 is 23.7 Å². The zero-order valence-electron chi connectivity index (χ0n) is 27.9. The maximum absolute atomic E-state index is 14.4. The van der Waals surface area contributed by atoms with Crippen molar-refractivity contribution in [2.24, 2.45) is 0 Å². The van der Waals surface area contributed by atoms with Crippen LogP contribution in [0.3, 0.4) is 0 Å². The van der Waals surface area contributed by atoms with E-state index in [0.717, 1.165) is 62.5 Å². The molecule has 0 fully saturated rings. The molecule has 45 heavy (non-hydrogen) atoms. The number of aliphatic hydroxyl groups excluding tert-OH is 1. The van der Waals surface area contributed by atoms with Gasteiger partial charge in [0.1, 0.15) is 0 Å². The molecule has 250 valence electrons. The van der Waals surface area contributed by atoms with Crippen LogP contribution in [-0.4, -0.2) is 71.3 Å². The molecule has 0 bridgehead atoms. The van der Waals surface area contributed by atoms with Crippen LogP contribution in [0.1, 0.15) is 103 Å². The number of fused-ring (bicyclic) bond motifs is 1. The van der Waals surface area contributed by atoms with Crippen LogP contribution in [0.5, 0.6) is 11.5 Å². The topological polar surface area (TPSA) is 91.3 Å². The van der Waals surface area contributed by atoms with Crippen molar-refractivity contribution in [2.45, 2.75) is 110 Å². The van der Waals surface area contributed by atoms with Crippen molar-refractivity contribution in [1.82, 2.24) is 15.1 Å². The predicted molar refractivity (Wildman–Crippen MR) is 181 cm³/mol. The predicted octanol–water partition coefficient (Wildman–Crippen LogP) is 6.92. The van der Waals surface area contributed by atoms with Crippen molar-refractivity contribution in [3.63, 3.8) is 0 Å². The van der Waals surface area contributed by atoms with Gasteiger partial charge in [-0.1, -0.05) is 83.2 Å². The van der Waals surface area contributed by atoms with Crippen molar-refractivity contribution in [3.8, 4) is 11.5 Å². The summed E-state index contributed by atoms with van der Waals surface area (Å²) < 4.78 is 12.7. The third kappa shape index (κ3) is 10.1. The Kier molecular flexibility index (Phi) is 15.0. The molecule has 0 radical (unpaired) electrons. The number of hydrogen-bond donors (Lipinski definition) is 2. The molecule has 2 aromatic carbocycles. The minimum atomic E-state index is -2.07. The van der Waals surface area contributed by atoms with Crippen LogP contribution in [0.4, 0.5) is 0 Å². The molecular weight excluding hydrogens is 590 g/mol. The number of nitrogens with one attached hydrogen (secondary N) is 1. The minimum absolute atomic E-state index is 0.0318. The molecule has 9 heteroatoms. The Morgan fingerprint density at radius 3 is 1.87 bits per heavy atom. The van der Waals surface area contributed by atoms with Gasteiger partial charge in [0.25, 0.3) is 0 Å². The van der Waals surface area contributed by atoms with Gasteiger partial charge in [-0.25, -0.2) is 0 Å². The molecule has 0 saturated carbocycles. The summed E-state index contributed by atoms with van der Waals surface area (Å²) in [4.78, 5) is 32.3. The molecule has 2 unspecified atom stereocenters. The second-order valence-corrected chi connectivity index (χ2v) is 12.6. The lowest BCUT2D eigenvalue weighted by atomic mass is 10.1. The van der Waals surface area contributed by atoms with E-state index in [9.17, 15) is 14.7 Å². The number of aliphatic hydroxyl groups is 1. The van der Waals surface area contributed by atoms with Crippen LogP contribution < -0.4 is 14.8 Å². The van der Waals surface area contributed by atoms with E-state index in [2.05, 4.69) is 33.0 Å². The van der Waals surface area contributed by atoms with Crippen LogP contribution in [0.15, 0.2) is 42.5 Å². The molecule has 8 nitrogen and oxygen atoms in total. The monoisotopic (exact) mass is 643 g/mol. The fraction of sp³-hybridized carbons (Fsp3) is 0.611. The maximum atomic E-state index is 14.4. The number of carbonyl (C=O) groups excluding carboxylic acids is 2. The fourth-order valence-electron chi connectivity index (χ4n) is 5.45. The number of halogens is 1. The Morgan fingerprint density at radius 1 is 0.822 bits per heavy atom. The number of rotatable bonds is 20. The summed E-state index contributed by atoms with van der Waals surface area (Å²) in [6, 6.07) is 12.9. The first-order valence-electron chi connectivity index (χ1n) is 17.0. The molecule has 1 heterocycles. The molecule has 1 aliphatic heterocycles. The third-order valence-electron chi connectivity index (χ3n) is 8.21. The van der Waals surface area contributed by atoms with Gasteiger partial charge in [0.05, 0.1) is 6.10 Å². The van der Waals surface area contributed by atoms with E-state index in [0.29, 0.717) is 55.7 Å². The SMILES string of the molecule is CCCCN(CCCC)C(=O)C1(C(=O)N(CCCC)CCCC)Oc2ccc(CC(C)NCC(O)c3cccc(Cl)c3)cc2O1. The lowest BCUT2D eigenvalue weighted by molar-refractivity contribution is -0.185. The smallest absolute Gasteiger partial charge is 0.415 e. The lowest BCUT2D eigenvalue weighted by Gasteiger charge is -2.35. The first-order valence-corrected chi connectivity index (χ1v) is 17.3. The standard InChI is InChI=1S/C36H54ClN3O5/c1-6-10-19-39(20-11-7-2)34(42)36(35(43)40(21-12-8-3)22-13-9-4)44-32-18-17-28(24-33(32)45-36)23-27(5)38-26-31(41)29-15-14-16-30(37)25-29/h14-18,24-25,27,31,38,41H,6-13,19-23,26H2,1-5H3. The normalized spacial score (nSPS) is 14.6. The number of nitrogens with zero attached hydrogens (tertiary/aromatic N) is 2. The van der Waals surface area contributed by atoms with Gasteiger partial charge >= 0.3 is 17.6 Å². The largest absolute Gasteiger partial charge is 0.433 e. The Labute approximate surface area is 275 Å². The van der Waals surface area contributed by atoms with Gasteiger partial charge < -0.3 is 29.7 Å². The maximum Gasteiger partial charge on any atom is 0.415 e. The van der Waals surface area contributed by atoms with Gasteiger partial charge in [0.15, 0.2) is 11.5 Å². The molecule has 0 aromatic heterocycles. The number of hydrogen-bond acceptors (Lipinski definition) is 6. The second kappa shape index (κ2) is 18.4. The zero-order valence-corrected chi connectivity index (χ0v) is 28.7. The highest BCUT2D eigenvalue weighted by molar-refractivity contribution is 6.30. The number of unbranched alkanes of at least 4 members (excludes halogenated alkanes) is 4. The Balaban J connectivity index is 1.83. The molecule has 0 aliphatic carbocycles. The Bertz CT molecular complexity index is 1180. The van der Waals surface area contributed by atoms with Crippen LogP contribution in [-0.2, 0) is 16.0 Å². The molecule has 2 N–H and O–H groups in total. The Morgan fingerprint density at radius 2 is 1.36 bits per heavy atom. The van der Waals surface area contributed by atoms with Crippen LogP contribution in [0.25, 0.3) is 0 Å². The Hall–Kier alpha value is -2.81. The van der Waals surface area contributed by atoms with E-state index in [1.807, 2.05) is 31.2 Å². The fourth-order valence-corrected chi connectivity index (χ4v) is 5.65. The third-order valence-corrected chi connectivity index (χ3v) is 8.45. The molecule has 0 spiro atoms. The number of ether oxygens (including phenoxy) is 2. The van der Waals surface area contributed by atoms with Gasteiger partial charge in [-0.3, -0.25) is 9.59 Å². The highest BCUT2D eigenvalue weighted by Gasteiger charge is 2.59. The quantitative estimate of drug-likeness (QED) is 0.152. The zero-order chi connectivity index (χ0) is 32.8. The molecule has 3 rings (SSSR count). The summed E-state index contributed by atoms with van der Waals surface area (Å²) >= 11 is 6.09. The molecule has 0 saturated heterocycles. The highest BCUT2D eigenvalue weighted by Crippen LogP contribution is 2.42. The van der Waals surface area contributed by atoms with Crippen LogP contribution in [0, 0.1) is 0 Å². The lowest BCUT2D eigenvalue weighted by Crippen LogP contribution is -2.64. The second-order valence-electron chi connectivity index (χ2n) is 12.2. The average molecular weight is 644 g/mol. The highest BCUT2D eigenvalue weighted by atomic mass is 35.5. The number of benzene rings is 2. The van der Waals surface area contributed by atoms with Gasteiger partial charge in [-0.15, -0.1) is 0 Å². The van der Waals surface area contributed by atoms with Gasteiger partial charge in [-0.05, 0) is 74.4 Å². The molecule has 1 aliphatic rings. The summed E-state index contributed by atoms with van der Waals surface area (Å²) in [6.07, 6.45) is 7.04. The number of carbonyl (C=O) groups is 2. The van der Waals surface area contributed by atoms with Gasteiger partial charge in [0.2, 0.25) is 0 Å². The summed E-state index contributed by atoms with van der Waals surface area (Å²) in [6.45, 7) is 13.0. The van der Waals surface area contributed by atoms with E-state index >= 15 is 0 Å².